The second-order valence-corrected chi connectivity index (χ2v) is 6.38. The second-order valence-electron chi connectivity index (χ2n) is 6.38. The van der Waals surface area contributed by atoms with Crippen molar-refractivity contribution in [2.24, 2.45) is 4.99 Å². The quantitative estimate of drug-likeness (QED) is 0.588. The lowest BCUT2D eigenvalue weighted by molar-refractivity contribution is -0.142. The predicted octanol–water partition coefficient (Wildman–Crippen LogP) is 0.0640. The molecular formula is C16H28N4O3. The summed E-state index contributed by atoms with van der Waals surface area (Å²) in [6.07, 6.45) is 4.22. The Morgan fingerprint density at radius 3 is 2.39 bits per heavy atom. The van der Waals surface area contributed by atoms with Crippen LogP contribution >= 0.6 is 0 Å². The highest BCUT2D eigenvalue weighted by Crippen LogP contribution is 2.16. The largest absolute Gasteiger partial charge is 0.376 e. The van der Waals surface area contributed by atoms with Gasteiger partial charge in [0.05, 0.1) is 6.10 Å². The van der Waals surface area contributed by atoms with Crippen LogP contribution in [-0.4, -0.2) is 86.9 Å². The van der Waals surface area contributed by atoms with Crippen molar-refractivity contribution in [3.63, 3.8) is 0 Å². The molecule has 0 aromatic rings. The van der Waals surface area contributed by atoms with Crippen molar-refractivity contribution in [2.75, 3.05) is 53.0 Å². The van der Waals surface area contributed by atoms with Gasteiger partial charge in [0, 0.05) is 53.0 Å². The summed E-state index contributed by atoms with van der Waals surface area (Å²) in [6.45, 7) is 5.48. The van der Waals surface area contributed by atoms with Gasteiger partial charge in [0.25, 0.3) is 5.91 Å². The zero-order valence-corrected chi connectivity index (χ0v) is 14.0. The summed E-state index contributed by atoms with van der Waals surface area (Å²) in [5.74, 6) is 1.06. The molecule has 1 N–H and O–H groups in total. The fraction of sp³-hybridized carbons (Fsp3) is 0.875. The number of piperazine rings is 1. The number of rotatable bonds is 3. The highest BCUT2D eigenvalue weighted by Gasteiger charge is 2.31. The van der Waals surface area contributed by atoms with Crippen molar-refractivity contribution in [3.05, 3.63) is 0 Å². The number of guanidine groups is 1. The van der Waals surface area contributed by atoms with E-state index in [4.69, 9.17) is 9.47 Å². The van der Waals surface area contributed by atoms with Crippen LogP contribution in [0, 0.1) is 0 Å². The summed E-state index contributed by atoms with van der Waals surface area (Å²) in [5, 5.41) is 3.40. The Kier molecular flexibility index (Phi) is 5.72. The maximum Gasteiger partial charge on any atom is 0.251 e. The number of ether oxygens (including phenoxy) is 2. The summed E-state index contributed by atoms with van der Waals surface area (Å²) < 4.78 is 11.1. The lowest BCUT2D eigenvalue weighted by Crippen LogP contribution is -2.55. The number of carbonyl (C=O) groups is 1. The maximum absolute atomic E-state index is 12.4. The Balaban J connectivity index is 1.44. The van der Waals surface area contributed by atoms with Crippen molar-refractivity contribution in [3.8, 4) is 0 Å². The minimum Gasteiger partial charge on any atom is -0.376 e. The normalized spacial score (nSPS) is 29.2. The Bertz CT molecular complexity index is 423. The van der Waals surface area contributed by atoms with Gasteiger partial charge in [-0.05, 0) is 25.7 Å². The van der Waals surface area contributed by atoms with Crippen LogP contribution in [0.1, 0.15) is 25.7 Å². The molecule has 0 aromatic heterocycles. The van der Waals surface area contributed by atoms with E-state index in [-0.39, 0.29) is 12.0 Å². The van der Waals surface area contributed by atoms with E-state index in [0.29, 0.717) is 6.10 Å². The minimum atomic E-state index is -0.210. The monoisotopic (exact) mass is 324 g/mol. The number of amides is 1. The van der Waals surface area contributed by atoms with Gasteiger partial charge in [0.2, 0.25) is 0 Å². The predicted molar refractivity (Wildman–Crippen MR) is 87.5 cm³/mol. The second kappa shape index (κ2) is 7.97. The molecule has 3 rings (SSSR count). The third-order valence-corrected chi connectivity index (χ3v) is 4.82. The average Bonchev–Trinajstić information content (AvgIpc) is 3.29. The SMILES string of the molecule is CN=C(NCC1CCCO1)N1CCN(C(=O)C2CCCO2)CC1. The van der Waals surface area contributed by atoms with Crippen molar-refractivity contribution >= 4 is 11.9 Å². The van der Waals surface area contributed by atoms with Gasteiger partial charge in [-0.25, -0.2) is 0 Å². The fourth-order valence-corrected chi connectivity index (χ4v) is 3.46. The van der Waals surface area contributed by atoms with Crippen LogP contribution in [0.3, 0.4) is 0 Å². The molecule has 3 heterocycles. The molecule has 0 spiro atoms. The summed E-state index contributed by atoms with van der Waals surface area (Å²) >= 11 is 0. The summed E-state index contributed by atoms with van der Waals surface area (Å²) in [5.41, 5.74) is 0. The number of aliphatic imine (C=N–C) groups is 1. The lowest BCUT2D eigenvalue weighted by Gasteiger charge is -2.37. The van der Waals surface area contributed by atoms with Crippen LogP contribution in [0.4, 0.5) is 0 Å². The molecule has 3 saturated heterocycles. The molecule has 3 aliphatic rings. The molecule has 0 bridgehead atoms. The van der Waals surface area contributed by atoms with Crippen LogP contribution in [0.15, 0.2) is 4.99 Å². The lowest BCUT2D eigenvalue weighted by atomic mass is 10.2. The van der Waals surface area contributed by atoms with Crippen LogP contribution in [0.25, 0.3) is 0 Å². The van der Waals surface area contributed by atoms with Gasteiger partial charge in [0.1, 0.15) is 6.10 Å². The molecule has 3 aliphatic heterocycles. The van der Waals surface area contributed by atoms with Crippen LogP contribution in [0.5, 0.6) is 0 Å². The molecule has 23 heavy (non-hydrogen) atoms. The van der Waals surface area contributed by atoms with Crippen LogP contribution < -0.4 is 5.32 Å². The minimum absolute atomic E-state index is 0.157. The molecule has 0 saturated carbocycles. The van der Waals surface area contributed by atoms with E-state index in [2.05, 4.69) is 15.2 Å². The zero-order chi connectivity index (χ0) is 16.1. The number of hydrogen-bond acceptors (Lipinski definition) is 4. The first-order valence-corrected chi connectivity index (χ1v) is 8.75. The fourth-order valence-electron chi connectivity index (χ4n) is 3.46. The molecule has 7 nitrogen and oxygen atoms in total. The maximum atomic E-state index is 12.4. The van der Waals surface area contributed by atoms with Gasteiger partial charge < -0.3 is 24.6 Å². The van der Waals surface area contributed by atoms with Crippen molar-refractivity contribution in [2.45, 2.75) is 37.9 Å². The number of hydrogen-bond donors (Lipinski definition) is 1. The van der Waals surface area contributed by atoms with E-state index < -0.39 is 0 Å². The summed E-state index contributed by atoms with van der Waals surface area (Å²) in [6, 6.07) is 0. The van der Waals surface area contributed by atoms with Gasteiger partial charge in [0.15, 0.2) is 5.96 Å². The molecule has 130 valence electrons. The van der Waals surface area contributed by atoms with Crippen molar-refractivity contribution in [1.82, 2.24) is 15.1 Å². The van der Waals surface area contributed by atoms with Gasteiger partial charge in [-0.15, -0.1) is 0 Å². The Morgan fingerprint density at radius 2 is 1.78 bits per heavy atom. The van der Waals surface area contributed by atoms with E-state index in [9.17, 15) is 4.79 Å². The zero-order valence-electron chi connectivity index (χ0n) is 14.0. The number of nitrogens with one attached hydrogen (secondary N) is 1. The number of carbonyl (C=O) groups excluding carboxylic acids is 1. The first kappa shape index (κ1) is 16.5. The van der Waals surface area contributed by atoms with Gasteiger partial charge >= 0.3 is 0 Å². The van der Waals surface area contributed by atoms with Gasteiger partial charge in [-0.3, -0.25) is 9.79 Å². The first-order valence-electron chi connectivity index (χ1n) is 8.75. The van der Waals surface area contributed by atoms with Gasteiger partial charge in [-0.2, -0.15) is 0 Å². The Morgan fingerprint density at radius 1 is 1.09 bits per heavy atom. The third-order valence-electron chi connectivity index (χ3n) is 4.82. The highest BCUT2D eigenvalue weighted by atomic mass is 16.5. The average molecular weight is 324 g/mol. The molecule has 0 aliphatic carbocycles. The molecular weight excluding hydrogens is 296 g/mol. The molecule has 2 atom stereocenters. The molecule has 0 radical (unpaired) electrons. The van der Waals surface area contributed by atoms with E-state index >= 15 is 0 Å². The van der Waals surface area contributed by atoms with E-state index in [1.807, 2.05) is 11.9 Å². The molecule has 1 amide bonds. The molecule has 0 aromatic carbocycles. The molecule has 3 fully saturated rings. The van der Waals surface area contributed by atoms with Gasteiger partial charge in [-0.1, -0.05) is 0 Å². The third kappa shape index (κ3) is 4.14. The molecule has 7 heteroatoms. The van der Waals surface area contributed by atoms with Crippen molar-refractivity contribution < 1.29 is 14.3 Å². The number of nitrogens with zero attached hydrogens (tertiary/aromatic N) is 3. The van der Waals surface area contributed by atoms with Crippen molar-refractivity contribution in [1.29, 1.82) is 0 Å². The van der Waals surface area contributed by atoms with E-state index in [1.54, 1.807) is 0 Å². The van der Waals surface area contributed by atoms with Crippen LogP contribution in [0.2, 0.25) is 0 Å². The Labute approximate surface area is 138 Å². The summed E-state index contributed by atoms with van der Waals surface area (Å²) in [7, 11) is 1.81. The van der Waals surface area contributed by atoms with Crippen LogP contribution in [-0.2, 0) is 14.3 Å². The standard InChI is InChI=1S/C16H28N4O3/c1-17-16(18-12-13-4-2-10-22-13)20-8-6-19(7-9-20)15(21)14-5-3-11-23-14/h13-14H,2-12H2,1H3,(H,17,18). The first-order chi connectivity index (χ1) is 11.3. The molecule has 2 unspecified atom stereocenters. The smallest absolute Gasteiger partial charge is 0.251 e. The Hall–Kier alpha value is -1.34. The van der Waals surface area contributed by atoms with E-state index in [1.165, 1.54) is 0 Å². The topological polar surface area (TPSA) is 66.4 Å². The van der Waals surface area contributed by atoms with E-state index in [0.717, 1.165) is 77.6 Å². The highest BCUT2D eigenvalue weighted by molar-refractivity contribution is 5.82. The summed E-state index contributed by atoms with van der Waals surface area (Å²) in [4.78, 5) is 20.9.